The Balaban J connectivity index is 0.000000612. The molecule has 1 aromatic rings. The molecule has 0 aliphatic heterocycles. The fourth-order valence-electron chi connectivity index (χ4n) is 2.62. The molecule has 0 aliphatic carbocycles. The molecule has 0 saturated heterocycles. The molecule has 0 spiro atoms. The van der Waals surface area contributed by atoms with Crippen LogP contribution in [0.4, 0.5) is 9.59 Å². The van der Waals surface area contributed by atoms with Gasteiger partial charge in [0.1, 0.15) is 0 Å². The highest BCUT2D eigenvalue weighted by Gasteiger charge is 2.19. The monoisotopic (exact) mass is 426 g/mol. The van der Waals surface area contributed by atoms with E-state index in [-0.39, 0.29) is 12.5 Å². The molecule has 0 aromatic heterocycles. The van der Waals surface area contributed by atoms with E-state index in [1.54, 1.807) is 13.8 Å². The van der Waals surface area contributed by atoms with Gasteiger partial charge in [0.25, 0.3) is 0 Å². The molecule has 3 atom stereocenters. The Morgan fingerprint density at radius 2 is 1.53 bits per heavy atom. The Morgan fingerprint density at radius 3 is 1.97 bits per heavy atom. The van der Waals surface area contributed by atoms with Crippen LogP contribution in [-0.4, -0.2) is 46.3 Å². The minimum absolute atomic E-state index is 0.0660. The third kappa shape index (κ3) is 12.1. The topological polar surface area (TPSA) is 130 Å². The average molecular weight is 427 g/mol. The van der Waals surface area contributed by atoms with E-state index < -0.39 is 30.3 Å². The van der Waals surface area contributed by atoms with Crippen LogP contribution in [0.25, 0.3) is 0 Å². The molecule has 0 bridgehead atoms. The summed E-state index contributed by atoms with van der Waals surface area (Å²) in [6.07, 6.45) is -0.764. The van der Waals surface area contributed by atoms with Gasteiger partial charge in [-0.05, 0) is 36.8 Å². The first-order chi connectivity index (χ1) is 14.0. The molecule has 30 heavy (non-hydrogen) atoms. The third-order valence-electron chi connectivity index (χ3n) is 4.38. The van der Waals surface area contributed by atoms with Crippen LogP contribution in [0, 0.1) is 11.8 Å². The number of esters is 1. The van der Waals surface area contributed by atoms with E-state index in [2.05, 4.69) is 23.3 Å². The highest BCUT2D eigenvalue weighted by molar-refractivity contribution is 5.85. The number of benzene rings is 1. The number of hydrogen-bond acceptors (Lipinski definition) is 6. The number of carbonyl (C=O) groups excluding carboxylic acids is 1. The fraction of sp³-hybridized carbons (Fsp3) is 0.591. The Kier molecular flexibility index (Phi) is 13.1. The van der Waals surface area contributed by atoms with Crippen molar-refractivity contribution in [3.8, 4) is 0 Å². The van der Waals surface area contributed by atoms with Gasteiger partial charge in [0.05, 0.1) is 18.6 Å². The SMILES string of the molecule is CC(C)Cc1ccc(C(C)C(=O)OC(=O)O)cc1.CCCC(O)C(C)COC(=O)O. The molecular weight excluding hydrogens is 392 g/mol. The van der Waals surface area contributed by atoms with Crippen molar-refractivity contribution in [1.29, 1.82) is 0 Å². The van der Waals surface area contributed by atoms with Gasteiger partial charge in [0.15, 0.2) is 0 Å². The maximum Gasteiger partial charge on any atom is 0.513 e. The maximum atomic E-state index is 11.4. The largest absolute Gasteiger partial charge is 0.513 e. The van der Waals surface area contributed by atoms with Crippen molar-refractivity contribution in [1.82, 2.24) is 0 Å². The molecule has 0 aliphatic rings. The molecule has 0 amide bonds. The summed E-state index contributed by atoms with van der Waals surface area (Å²) in [7, 11) is 0. The predicted molar refractivity (Wildman–Crippen MR) is 112 cm³/mol. The molecule has 8 heteroatoms. The molecule has 0 saturated carbocycles. The number of hydrogen-bond donors (Lipinski definition) is 3. The zero-order valence-electron chi connectivity index (χ0n) is 18.3. The summed E-state index contributed by atoms with van der Waals surface area (Å²) in [6.45, 7) is 9.71. The van der Waals surface area contributed by atoms with Crippen LogP contribution in [-0.2, 0) is 20.7 Å². The second kappa shape index (κ2) is 14.4. The smallest absolute Gasteiger partial charge is 0.450 e. The summed E-state index contributed by atoms with van der Waals surface area (Å²) in [6, 6.07) is 7.59. The lowest BCUT2D eigenvalue weighted by Crippen LogP contribution is -2.23. The lowest BCUT2D eigenvalue weighted by atomic mass is 9.97. The molecule has 0 radical (unpaired) electrons. The molecule has 0 heterocycles. The number of carboxylic acid groups (broad SMARTS) is 2. The Labute approximate surface area is 177 Å². The molecule has 0 fully saturated rings. The summed E-state index contributed by atoms with van der Waals surface area (Å²) in [4.78, 5) is 31.7. The number of aliphatic hydroxyl groups is 1. The summed E-state index contributed by atoms with van der Waals surface area (Å²) in [5, 5.41) is 25.9. The molecule has 8 nitrogen and oxygen atoms in total. The highest BCUT2D eigenvalue weighted by atomic mass is 16.7. The van der Waals surface area contributed by atoms with Crippen LogP contribution in [0.2, 0.25) is 0 Å². The standard InChI is InChI=1S/C14H18O4.C8H16O4/c1-9(2)8-11-4-6-12(7-5-11)10(3)13(15)18-14(16)17;1-3-4-7(9)6(2)5-12-8(10)11/h4-7,9-10H,8H2,1-3H3,(H,16,17);6-7,9H,3-5H2,1-2H3,(H,10,11). The van der Waals surface area contributed by atoms with Crippen LogP contribution in [0.1, 0.15) is 64.5 Å². The van der Waals surface area contributed by atoms with Gasteiger partial charge in [-0.3, -0.25) is 4.79 Å². The minimum atomic E-state index is -1.57. The van der Waals surface area contributed by atoms with Gasteiger partial charge in [-0.1, -0.05) is 58.4 Å². The van der Waals surface area contributed by atoms with Gasteiger partial charge in [-0.15, -0.1) is 0 Å². The van der Waals surface area contributed by atoms with Crippen molar-refractivity contribution >= 4 is 18.3 Å². The lowest BCUT2D eigenvalue weighted by Gasteiger charge is -2.16. The molecule has 1 aromatic carbocycles. The van der Waals surface area contributed by atoms with Gasteiger partial charge >= 0.3 is 18.3 Å². The second-order valence-electron chi connectivity index (χ2n) is 7.66. The molecule has 1 rings (SSSR count). The van der Waals surface area contributed by atoms with Gasteiger partial charge in [0, 0.05) is 5.92 Å². The first kappa shape index (κ1) is 27.4. The Hall–Kier alpha value is -2.61. The van der Waals surface area contributed by atoms with E-state index in [0.29, 0.717) is 12.3 Å². The van der Waals surface area contributed by atoms with E-state index in [1.165, 1.54) is 5.56 Å². The quantitative estimate of drug-likeness (QED) is 0.383. The first-order valence-corrected chi connectivity index (χ1v) is 10.0. The van der Waals surface area contributed by atoms with E-state index in [4.69, 9.17) is 10.2 Å². The van der Waals surface area contributed by atoms with Crippen molar-refractivity contribution in [2.24, 2.45) is 11.8 Å². The van der Waals surface area contributed by atoms with Crippen molar-refractivity contribution in [2.75, 3.05) is 6.61 Å². The number of aliphatic hydroxyl groups excluding tert-OH is 1. The Morgan fingerprint density at radius 1 is 0.967 bits per heavy atom. The summed E-state index contributed by atoms with van der Waals surface area (Å²) >= 11 is 0. The van der Waals surface area contributed by atoms with Crippen LogP contribution >= 0.6 is 0 Å². The summed E-state index contributed by atoms with van der Waals surface area (Å²) < 4.78 is 8.47. The normalized spacial score (nSPS) is 13.4. The fourth-order valence-corrected chi connectivity index (χ4v) is 2.62. The maximum absolute atomic E-state index is 11.4. The zero-order valence-corrected chi connectivity index (χ0v) is 18.3. The van der Waals surface area contributed by atoms with Gasteiger partial charge in [0.2, 0.25) is 0 Å². The second-order valence-corrected chi connectivity index (χ2v) is 7.66. The predicted octanol–water partition coefficient (Wildman–Crippen LogP) is 4.69. The Bertz CT molecular complexity index is 654. The summed E-state index contributed by atoms with van der Waals surface area (Å²) in [5.74, 6) is -0.875. The van der Waals surface area contributed by atoms with Crippen molar-refractivity contribution < 1.29 is 39.2 Å². The first-order valence-electron chi connectivity index (χ1n) is 10.0. The van der Waals surface area contributed by atoms with Gasteiger partial charge in [-0.2, -0.15) is 0 Å². The van der Waals surface area contributed by atoms with E-state index >= 15 is 0 Å². The van der Waals surface area contributed by atoms with Gasteiger partial charge < -0.3 is 24.8 Å². The van der Waals surface area contributed by atoms with Crippen LogP contribution in [0.3, 0.4) is 0 Å². The molecule has 3 N–H and O–H groups in total. The highest BCUT2D eigenvalue weighted by Crippen LogP contribution is 2.19. The molecular formula is C22H34O8. The lowest BCUT2D eigenvalue weighted by molar-refractivity contribution is -0.140. The van der Waals surface area contributed by atoms with Gasteiger partial charge in [-0.25, -0.2) is 9.59 Å². The van der Waals surface area contributed by atoms with Crippen molar-refractivity contribution in [3.63, 3.8) is 0 Å². The number of rotatable bonds is 9. The van der Waals surface area contributed by atoms with E-state index in [1.807, 2.05) is 31.2 Å². The van der Waals surface area contributed by atoms with Crippen LogP contribution < -0.4 is 0 Å². The number of ether oxygens (including phenoxy) is 2. The number of carbonyl (C=O) groups is 3. The van der Waals surface area contributed by atoms with Crippen molar-refractivity contribution in [3.05, 3.63) is 35.4 Å². The third-order valence-corrected chi connectivity index (χ3v) is 4.38. The zero-order chi connectivity index (χ0) is 23.3. The van der Waals surface area contributed by atoms with E-state index in [0.717, 1.165) is 18.4 Å². The summed E-state index contributed by atoms with van der Waals surface area (Å²) in [5.41, 5.74) is 1.96. The van der Waals surface area contributed by atoms with E-state index in [9.17, 15) is 19.5 Å². The van der Waals surface area contributed by atoms with Crippen molar-refractivity contribution in [2.45, 2.75) is 65.9 Å². The molecule has 3 unspecified atom stereocenters. The average Bonchev–Trinajstić information content (AvgIpc) is 2.65. The van der Waals surface area contributed by atoms with Crippen LogP contribution in [0.5, 0.6) is 0 Å². The molecule has 170 valence electrons. The van der Waals surface area contributed by atoms with Crippen LogP contribution in [0.15, 0.2) is 24.3 Å². The minimum Gasteiger partial charge on any atom is -0.450 e.